The maximum atomic E-state index is 12.1. The van der Waals surface area contributed by atoms with E-state index in [0.29, 0.717) is 16.3 Å². The standard InChI is InChI=1S/C20H23NO6S/c1-3-15-12-16(20(24)25-4-2)19(28-15)21-17(22)13-27-18(23)10-11-26-14-8-6-5-7-9-14/h5-9,12H,3-4,10-11,13H2,1-2H3,(H,21,22). The van der Waals surface area contributed by atoms with Crippen molar-refractivity contribution in [2.24, 2.45) is 0 Å². The molecule has 1 heterocycles. The van der Waals surface area contributed by atoms with Gasteiger partial charge in [-0.2, -0.15) is 0 Å². The molecule has 0 fully saturated rings. The van der Waals surface area contributed by atoms with Crippen molar-refractivity contribution >= 4 is 34.2 Å². The van der Waals surface area contributed by atoms with Crippen LogP contribution in [0, 0.1) is 0 Å². The molecule has 1 aromatic heterocycles. The van der Waals surface area contributed by atoms with Gasteiger partial charge < -0.3 is 19.5 Å². The highest BCUT2D eigenvalue weighted by Crippen LogP contribution is 2.29. The molecule has 1 aromatic carbocycles. The van der Waals surface area contributed by atoms with Crippen LogP contribution in [-0.4, -0.2) is 37.7 Å². The molecule has 0 spiro atoms. The Hall–Kier alpha value is -2.87. The fourth-order valence-corrected chi connectivity index (χ4v) is 3.22. The second kappa shape index (κ2) is 11.1. The highest BCUT2D eigenvalue weighted by atomic mass is 32.1. The molecule has 0 atom stereocenters. The van der Waals surface area contributed by atoms with Gasteiger partial charge in [0.2, 0.25) is 0 Å². The summed E-state index contributed by atoms with van der Waals surface area (Å²) < 4.78 is 15.4. The van der Waals surface area contributed by atoms with E-state index in [0.717, 1.165) is 11.3 Å². The molecular weight excluding hydrogens is 382 g/mol. The molecule has 0 radical (unpaired) electrons. The maximum Gasteiger partial charge on any atom is 0.341 e. The predicted octanol–water partition coefficient (Wildman–Crippen LogP) is 3.44. The van der Waals surface area contributed by atoms with Crippen molar-refractivity contribution in [3.8, 4) is 5.75 Å². The zero-order valence-electron chi connectivity index (χ0n) is 15.9. The molecule has 28 heavy (non-hydrogen) atoms. The molecule has 0 aliphatic heterocycles. The smallest absolute Gasteiger partial charge is 0.341 e. The lowest BCUT2D eigenvalue weighted by Gasteiger charge is -2.08. The summed E-state index contributed by atoms with van der Waals surface area (Å²) in [4.78, 5) is 36.8. The number of carbonyl (C=O) groups is 3. The van der Waals surface area contributed by atoms with Gasteiger partial charge in [0.15, 0.2) is 6.61 Å². The van der Waals surface area contributed by atoms with E-state index in [9.17, 15) is 14.4 Å². The molecule has 8 heteroatoms. The van der Waals surface area contributed by atoms with Crippen molar-refractivity contribution < 1.29 is 28.6 Å². The minimum absolute atomic E-state index is 0.0231. The number of nitrogens with one attached hydrogen (secondary N) is 1. The first-order chi connectivity index (χ1) is 13.5. The Morgan fingerprint density at radius 3 is 2.50 bits per heavy atom. The van der Waals surface area contributed by atoms with Gasteiger partial charge in [-0.05, 0) is 31.5 Å². The SMILES string of the molecule is CCOC(=O)c1cc(CC)sc1NC(=O)COC(=O)CCOc1ccccc1. The van der Waals surface area contributed by atoms with E-state index in [2.05, 4.69) is 5.32 Å². The third-order valence-electron chi connectivity index (χ3n) is 3.56. The van der Waals surface area contributed by atoms with Crippen molar-refractivity contribution in [3.63, 3.8) is 0 Å². The van der Waals surface area contributed by atoms with Crippen LogP contribution in [0.1, 0.15) is 35.5 Å². The quantitative estimate of drug-likeness (QED) is 0.609. The van der Waals surface area contributed by atoms with Crippen LogP contribution >= 0.6 is 11.3 Å². The fraction of sp³-hybridized carbons (Fsp3) is 0.350. The van der Waals surface area contributed by atoms with E-state index in [1.54, 1.807) is 25.1 Å². The summed E-state index contributed by atoms with van der Waals surface area (Å²) >= 11 is 1.29. The van der Waals surface area contributed by atoms with Gasteiger partial charge in [0.1, 0.15) is 10.8 Å². The topological polar surface area (TPSA) is 90.9 Å². The van der Waals surface area contributed by atoms with E-state index in [1.165, 1.54) is 11.3 Å². The molecular formula is C20H23NO6S. The Balaban J connectivity index is 1.79. The number of aryl methyl sites for hydroxylation is 1. The summed E-state index contributed by atoms with van der Waals surface area (Å²) in [5.41, 5.74) is 0.305. The van der Waals surface area contributed by atoms with E-state index < -0.39 is 24.5 Å². The van der Waals surface area contributed by atoms with Gasteiger partial charge in [-0.1, -0.05) is 25.1 Å². The molecule has 7 nitrogen and oxygen atoms in total. The van der Waals surface area contributed by atoms with Crippen LogP contribution in [0.15, 0.2) is 36.4 Å². The van der Waals surface area contributed by atoms with Crippen molar-refractivity contribution in [1.82, 2.24) is 0 Å². The highest BCUT2D eigenvalue weighted by molar-refractivity contribution is 7.16. The lowest BCUT2D eigenvalue weighted by molar-refractivity contribution is -0.147. The lowest BCUT2D eigenvalue weighted by Crippen LogP contribution is -2.22. The Labute approximate surface area is 167 Å². The van der Waals surface area contributed by atoms with Gasteiger partial charge in [0.05, 0.1) is 25.2 Å². The largest absolute Gasteiger partial charge is 0.493 e. The third-order valence-corrected chi connectivity index (χ3v) is 4.76. The molecule has 0 saturated heterocycles. The highest BCUT2D eigenvalue weighted by Gasteiger charge is 2.19. The summed E-state index contributed by atoms with van der Waals surface area (Å²) in [6.07, 6.45) is 0.749. The van der Waals surface area contributed by atoms with Crippen LogP contribution in [0.2, 0.25) is 0 Å². The monoisotopic (exact) mass is 405 g/mol. The summed E-state index contributed by atoms with van der Waals surface area (Å²) in [7, 11) is 0. The summed E-state index contributed by atoms with van der Waals surface area (Å²) in [6.45, 7) is 3.62. The van der Waals surface area contributed by atoms with Crippen molar-refractivity contribution in [2.75, 3.05) is 25.1 Å². The number of ether oxygens (including phenoxy) is 3. The molecule has 150 valence electrons. The van der Waals surface area contributed by atoms with Gasteiger partial charge in [-0.15, -0.1) is 11.3 Å². The molecule has 2 aromatic rings. The molecule has 0 aliphatic carbocycles. The van der Waals surface area contributed by atoms with Gasteiger partial charge in [0.25, 0.3) is 5.91 Å². The van der Waals surface area contributed by atoms with E-state index >= 15 is 0 Å². The number of hydrogen-bond donors (Lipinski definition) is 1. The van der Waals surface area contributed by atoms with E-state index in [-0.39, 0.29) is 19.6 Å². The molecule has 1 amide bonds. The number of esters is 2. The fourth-order valence-electron chi connectivity index (χ4n) is 2.22. The second-order valence-electron chi connectivity index (χ2n) is 5.65. The van der Waals surface area contributed by atoms with Crippen LogP contribution in [0.4, 0.5) is 5.00 Å². The summed E-state index contributed by atoms with van der Waals surface area (Å²) in [6, 6.07) is 10.8. The number of hydrogen-bond acceptors (Lipinski definition) is 7. The van der Waals surface area contributed by atoms with Gasteiger partial charge in [-0.3, -0.25) is 9.59 Å². The van der Waals surface area contributed by atoms with Crippen LogP contribution in [-0.2, 0) is 25.5 Å². The summed E-state index contributed by atoms with van der Waals surface area (Å²) in [5.74, 6) is -0.905. The Morgan fingerprint density at radius 2 is 1.82 bits per heavy atom. The van der Waals surface area contributed by atoms with Crippen molar-refractivity contribution in [2.45, 2.75) is 26.7 Å². The van der Waals surface area contributed by atoms with Crippen LogP contribution < -0.4 is 10.1 Å². The Bertz CT molecular complexity index is 802. The van der Waals surface area contributed by atoms with Gasteiger partial charge in [0, 0.05) is 4.88 Å². The van der Waals surface area contributed by atoms with Crippen molar-refractivity contribution in [3.05, 3.63) is 46.8 Å². The average Bonchev–Trinajstić information content (AvgIpc) is 3.10. The van der Waals surface area contributed by atoms with E-state index in [4.69, 9.17) is 14.2 Å². The zero-order valence-corrected chi connectivity index (χ0v) is 16.7. The first kappa shape index (κ1) is 21.4. The number of benzene rings is 1. The first-order valence-electron chi connectivity index (χ1n) is 8.96. The number of rotatable bonds is 10. The number of thiophene rings is 1. The predicted molar refractivity (Wildman–Crippen MR) is 106 cm³/mol. The first-order valence-corrected chi connectivity index (χ1v) is 9.78. The van der Waals surface area contributed by atoms with E-state index in [1.807, 2.05) is 25.1 Å². The molecule has 0 saturated carbocycles. The minimum Gasteiger partial charge on any atom is -0.493 e. The second-order valence-corrected chi connectivity index (χ2v) is 6.79. The number of carbonyl (C=O) groups excluding carboxylic acids is 3. The molecule has 1 N–H and O–H groups in total. The number of amides is 1. The Morgan fingerprint density at radius 1 is 1.07 bits per heavy atom. The molecule has 0 aliphatic rings. The van der Waals surface area contributed by atoms with Crippen molar-refractivity contribution in [1.29, 1.82) is 0 Å². The molecule has 2 rings (SSSR count). The lowest BCUT2D eigenvalue weighted by atomic mass is 10.2. The summed E-state index contributed by atoms with van der Waals surface area (Å²) in [5, 5.41) is 3.00. The van der Waals surface area contributed by atoms with Crippen LogP contribution in [0.5, 0.6) is 5.75 Å². The average molecular weight is 405 g/mol. The number of para-hydroxylation sites is 1. The molecule has 0 bridgehead atoms. The third kappa shape index (κ3) is 6.70. The van der Waals surface area contributed by atoms with Crippen LogP contribution in [0.3, 0.4) is 0 Å². The van der Waals surface area contributed by atoms with Gasteiger partial charge >= 0.3 is 11.9 Å². The minimum atomic E-state index is -0.544. The van der Waals surface area contributed by atoms with Gasteiger partial charge in [-0.25, -0.2) is 4.79 Å². The zero-order chi connectivity index (χ0) is 20.4. The Kier molecular flexibility index (Phi) is 8.48. The number of anilines is 1. The maximum absolute atomic E-state index is 12.1. The van der Waals surface area contributed by atoms with Crippen LogP contribution in [0.25, 0.3) is 0 Å². The molecule has 0 unspecified atom stereocenters. The normalized spacial score (nSPS) is 10.2.